The normalized spacial score (nSPS) is 13.7. The highest BCUT2D eigenvalue weighted by molar-refractivity contribution is 5.78. The van der Waals surface area contributed by atoms with E-state index < -0.39 is 11.5 Å². The van der Waals surface area contributed by atoms with E-state index in [0.29, 0.717) is 23.6 Å². The van der Waals surface area contributed by atoms with Crippen molar-refractivity contribution in [1.82, 2.24) is 10.3 Å². The molecule has 0 aliphatic rings. The van der Waals surface area contributed by atoms with Crippen LogP contribution < -0.4 is 14.8 Å². The third-order valence-electron chi connectivity index (χ3n) is 3.19. The summed E-state index contributed by atoms with van der Waals surface area (Å²) in [6, 6.07) is 1.69. The van der Waals surface area contributed by atoms with Gasteiger partial charge in [-0.25, -0.2) is 0 Å². The molecule has 0 fully saturated rings. The van der Waals surface area contributed by atoms with E-state index in [1.165, 1.54) is 7.11 Å². The molecule has 6 nitrogen and oxygen atoms in total. The molecule has 2 N–H and O–H groups in total. The van der Waals surface area contributed by atoms with Crippen molar-refractivity contribution in [2.75, 3.05) is 14.2 Å². The third-order valence-corrected chi connectivity index (χ3v) is 3.19. The zero-order chi connectivity index (χ0) is 14.5. The number of ether oxygens (including phenoxy) is 2. The van der Waals surface area contributed by atoms with Crippen LogP contribution in [0.5, 0.6) is 11.5 Å². The fourth-order valence-electron chi connectivity index (χ4n) is 1.61. The summed E-state index contributed by atoms with van der Waals surface area (Å²) >= 11 is 0. The average molecular weight is 268 g/mol. The first-order valence-electron chi connectivity index (χ1n) is 6.02. The number of methoxy groups -OCH3 is 2. The minimum Gasteiger partial charge on any atom is -0.493 e. The Morgan fingerprint density at radius 2 is 2.16 bits per heavy atom. The molecule has 1 atom stereocenters. The minimum absolute atomic E-state index is 0.289. The van der Waals surface area contributed by atoms with Crippen molar-refractivity contribution >= 4 is 5.97 Å². The van der Waals surface area contributed by atoms with Gasteiger partial charge in [-0.2, -0.15) is 0 Å². The number of carboxylic acids is 1. The lowest BCUT2D eigenvalue weighted by Gasteiger charge is -2.25. The Morgan fingerprint density at radius 3 is 2.63 bits per heavy atom. The van der Waals surface area contributed by atoms with Gasteiger partial charge >= 0.3 is 5.97 Å². The first-order chi connectivity index (χ1) is 8.98. The summed E-state index contributed by atoms with van der Waals surface area (Å²) in [7, 11) is 3.07. The fourth-order valence-corrected chi connectivity index (χ4v) is 1.61. The van der Waals surface area contributed by atoms with Crippen LogP contribution in [0.2, 0.25) is 0 Å². The summed E-state index contributed by atoms with van der Waals surface area (Å²) in [4.78, 5) is 15.4. The molecule has 1 heterocycles. The predicted octanol–water partition coefficient (Wildman–Crippen LogP) is 1.44. The van der Waals surface area contributed by atoms with Crippen LogP contribution in [0.25, 0.3) is 0 Å². The van der Waals surface area contributed by atoms with E-state index in [0.717, 1.165) is 0 Å². The highest BCUT2D eigenvalue weighted by atomic mass is 16.5. The van der Waals surface area contributed by atoms with Gasteiger partial charge in [-0.1, -0.05) is 6.92 Å². The molecular formula is C13H20N2O4. The number of rotatable bonds is 7. The molecule has 6 heteroatoms. The molecule has 0 aromatic carbocycles. The van der Waals surface area contributed by atoms with Gasteiger partial charge in [0.1, 0.15) is 5.54 Å². The van der Waals surface area contributed by atoms with Crippen molar-refractivity contribution in [3.63, 3.8) is 0 Å². The second kappa shape index (κ2) is 6.38. The molecule has 19 heavy (non-hydrogen) atoms. The number of carboxylic acid groups (broad SMARTS) is 1. The standard InChI is InChI=1S/C13H20N2O4/c1-5-13(2,12(16)17)15-8-9-11(19-4)10(18-3)6-7-14-9/h6-7,15H,5,8H2,1-4H3,(H,16,17). The van der Waals surface area contributed by atoms with E-state index in [1.54, 1.807) is 26.3 Å². The maximum atomic E-state index is 11.2. The summed E-state index contributed by atoms with van der Waals surface area (Å²) in [5, 5.41) is 12.2. The van der Waals surface area contributed by atoms with Crippen molar-refractivity contribution in [3.05, 3.63) is 18.0 Å². The molecule has 0 bridgehead atoms. The van der Waals surface area contributed by atoms with Crippen LogP contribution in [0.4, 0.5) is 0 Å². The molecule has 0 aliphatic heterocycles. The molecule has 106 valence electrons. The molecule has 0 radical (unpaired) electrons. The zero-order valence-electron chi connectivity index (χ0n) is 11.7. The van der Waals surface area contributed by atoms with Crippen molar-refractivity contribution < 1.29 is 19.4 Å². The van der Waals surface area contributed by atoms with E-state index in [1.807, 2.05) is 6.92 Å². The quantitative estimate of drug-likeness (QED) is 0.779. The number of aromatic nitrogens is 1. The monoisotopic (exact) mass is 268 g/mol. The highest BCUT2D eigenvalue weighted by Crippen LogP contribution is 2.29. The molecule has 1 rings (SSSR count). The molecule has 0 spiro atoms. The second-order valence-corrected chi connectivity index (χ2v) is 4.34. The predicted molar refractivity (Wildman–Crippen MR) is 70.5 cm³/mol. The maximum absolute atomic E-state index is 11.2. The summed E-state index contributed by atoms with van der Waals surface area (Å²) in [6.45, 7) is 3.75. The van der Waals surface area contributed by atoms with Crippen LogP contribution in [0, 0.1) is 0 Å². The van der Waals surface area contributed by atoms with E-state index in [-0.39, 0.29) is 6.54 Å². The first-order valence-corrected chi connectivity index (χ1v) is 6.02. The minimum atomic E-state index is -0.990. The van der Waals surface area contributed by atoms with Gasteiger partial charge in [0.2, 0.25) is 0 Å². The van der Waals surface area contributed by atoms with E-state index >= 15 is 0 Å². The Labute approximate surface area is 112 Å². The van der Waals surface area contributed by atoms with Gasteiger partial charge in [-0.05, 0) is 13.3 Å². The van der Waals surface area contributed by atoms with Crippen molar-refractivity contribution in [1.29, 1.82) is 0 Å². The van der Waals surface area contributed by atoms with Gasteiger partial charge in [0.05, 0.1) is 19.9 Å². The largest absolute Gasteiger partial charge is 0.493 e. The molecule has 1 aromatic heterocycles. The van der Waals surface area contributed by atoms with Crippen LogP contribution >= 0.6 is 0 Å². The molecule has 0 aliphatic carbocycles. The van der Waals surface area contributed by atoms with Crippen molar-refractivity contribution in [2.24, 2.45) is 0 Å². The summed E-state index contributed by atoms with van der Waals surface area (Å²) in [5.74, 6) is 0.195. The number of nitrogens with one attached hydrogen (secondary N) is 1. The van der Waals surface area contributed by atoms with Crippen molar-refractivity contribution in [2.45, 2.75) is 32.4 Å². The van der Waals surface area contributed by atoms with Gasteiger partial charge in [0, 0.05) is 18.8 Å². The second-order valence-electron chi connectivity index (χ2n) is 4.34. The molecule has 1 aromatic rings. The smallest absolute Gasteiger partial charge is 0.323 e. The lowest BCUT2D eigenvalue weighted by atomic mass is 9.99. The topological polar surface area (TPSA) is 80.7 Å². The van der Waals surface area contributed by atoms with Crippen LogP contribution in [0.15, 0.2) is 12.3 Å². The van der Waals surface area contributed by atoms with Crippen LogP contribution in [-0.4, -0.2) is 35.8 Å². The molecule has 0 saturated carbocycles. The van der Waals surface area contributed by atoms with Crippen molar-refractivity contribution in [3.8, 4) is 11.5 Å². The van der Waals surface area contributed by atoms with E-state index in [2.05, 4.69) is 10.3 Å². The van der Waals surface area contributed by atoms with Crippen LogP contribution in [0.3, 0.4) is 0 Å². The zero-order valence-corrected chi connectivity index (χ0v) is 11.7. The van der Waals surface area contributed by atoms with Gasteiger partial charge in [0.25, 0.3) is 0 Å². The van der Waals surface area contributed by atoms with Gasteiger partial charge in [-0.15, -0.1) is 0 Å². The number of carbonyl (C=O) groups is 1. The Hall–Kier alpha value is -1.82. The average Bonchev–Trinajstić information content (AvgIpc) is 2.43. The van der Waals surface area contributed by atoms with E-state index in [9.17, 15) is 9.90 Å². The maximum Gasteiger partial charge on any atom is 0.323 e. The molecule has 0 amide bonds. The lowest BCUT2D eigenvalue weighted by molar-refractivity contribution is -0.144. The number of pyridine rings is 1. The fraction of sp³-hybridized carbons (Fsp3) is 0.538. The number of hydrogen-bond donors (Lipinski definition) is 2. The Morgan fingerprint density at radius 1 is 1.47 bits per heavy atom. The van der Waals surface area contributed by atoms with Crippen LogP contribution in [-0.2, 0) is 11.3 Å². The van der Waals surface area contributed by atoms with E-state index in [4.69, 9.17) is 9.47 Å². The third kappa shape index (κ3) is 3.35. The van der Waals surface area contributed by atoms with Gasteiger partial charge in [-0.3, -0.25) is 15.1 Å². The molecule has 1 unspecified atom stereocenters. The molecule has 0 saturated heterocycles. The van der Waals surface area contributed by atoms with Gasteiger partial charge < -0.3 is 14.6 Å². The lowest BCUT2D eigenvalue weighted by Crippen LogP contribution is -2.48. The van der Waals surface area contributed by atoms with Gasteiger partial charge in [0.15, 0.2) is 11.5 Å². The Balaban J connectivity index is 2.91. The SMILES string of the molecule is CCC(C)(NCc1nccc(OC)c1OC)C(=O)O. The van der Waals surface area contributed by atoms with Crippen LogP contribution in [0.1, 0.15) is 26.0 Å². The summed E-state index contributed by atoms with van der Waals surface area (Å²) < 4.78 is 10.4. The highest BCUT2D eigenvalue weighted by Gasteiger charge is 2.30. The first kappa shape index (κ1) is 15.2. The number of hydrogen-bond acceptors (Lipinski definition) is 5. The summed E-state index contributed by atoms with van der Waals surface area (Å²) in [6.07, 6.45) is 2.07. The molecular weight excluding hydrogens is 248 g/mol. The number of nitrogens with zero attached hydrogens (tertiary/aromatic N) is 1. The number of aliphatic carboxylic acids is 1. The Bertz CT molecular complexity index is 450. The Kier molecular flexibility index (Phi) is 5.11. The summed E-state index contributed by atoms with van der Waals surface area (Å²) in [5.41, 5.74) is -0.377.